The lowest BCUT2D eigenvalue weighted by Crippen LogP contribution is -2.27. The van der Waals surface area contributed by atoms with Crippen LogP contribution in [0, 0.1) is 0 Å². The molecule has 0 aliphatic heterocycles. The minimum Gasteiger partial charge on any atom is -0.0883 e. The van der Waals surface area contributed by atoms with E-state index in [9.17, 15) is 0 Å². The van der Waals surface area contributed by atoms with E-state index < -0.39 is 0 Å². The van der Waals surface area contributed by atoms with E-state index in [0.29, 0.717) is 0 Å². The molecule has 0 aliphatic rings. The van der Waals surface area contributed by atoms with Gasteiger partial charge in [0.1, 0.15) is 0 Å². The molecule has 2 aromatic carbocycles. The largest absolute Gasteiger partial charge is 0.0883 e. The summed E-state index contributed by atoms with van der Waals surface area (Å²) >= 11 is 3.69. The second kappa shape index (κ2) is 6.06. The van der Waals surface area contributed by atoms with Gasteiger partial charge in [0.05, 0.1) is 0 Å². The third kappa shape index (κ3) is 2.85. The first kappa shape index (κ1) is 14.5. The van der Waals surface area contributed by atoms with Gasteiger partial charge in [-0.3, -0.25) is 0 Å². The fourth-order valence-electron chi connectivity index (χ4n) is 2.65. The van der Waals surface area contributed by atoms with Crippen LogP contribution in [0.1, 0.15) is 31.7 Å². The van der Waals surface area contributed by atoms with Crippen molar-refractivity contribution in [3.63, 3.8) is 0 Å². The topological polar surface area (TPSA) is 0 Å². The quantitative estimate of drug-likeness (QED) is 0.707. The zero-order valence-corrected chi connectivity index (χ0v) is 15.3. The fourth-order valence-corrected chi connectivity index (χ4v) is 3.85. The molecule has 100 valence electrons. The SMILES string of the molecule is C=C(Br)C([SiH3])(CCCC)c1cccc2ccccc12. The Hall–Kier alpha value is -0.863. The number of halogens is 1. The summed E-state index contributed by atoms with van der Waals surface area (Å²) in [6, 6.07) is 15.3. The average Bonchev–Trinajstić information content (AvgIpc) is 2.44. The second-order valence-electron chi connectivity index (χ2n) is 5.37. The molecule has 0 aliphatic carbocycles. The van der Waals surface area contributed by atoms with Crippen molar-refractivity contribution in [1.29, 1.82) is 0 Å². The Bertz CT molecular complexity index is 585. The van der Waals surface area contributed by atoms with Crippen molar-refractivity contribution >= 4 is 36.9 Å². The molecule has 2 aromatic rings. The van der Waals surface area contributed by atoms with Gasteiger partial charge in [0.25, 0.3) is 0 Å². The molecular formula is C17H21BrSi. The van der Waals surface area contributed by atoms with Crippen LogP contribution in [0.15, 0.2) is 53.5 Å². The molecule has 2 rings (SSSR count). The smallest absolute Gasteiger partial charge is 0.0225 e. The van der Waals surface area contributed by atoms with Crippen LogP contribution >= 0.6 is 15.9 Å². The molecule has 0 N–H and O–H groups in total. The van der Waals surface area contributed by atoms with Crippen LogP contribution in [-0.4, -0.2) is 10.2 Å². The van der Waals surface area contributed by atoms with Crippen LogP contribution in [0.2, 0.25) is 0 Å². The van der Waals surface area contributed by atoms with Gasteiger partial charge in [-0.05, 0) is 27.2 Å². The molecule has 0 fully saturated rings. The van der Waals surface area contributed by atoms with Crippen molar-refractivity contribution in [2.75, 3.05) is 0 Å². The monoisotopic (exact) mass is 332 g/mol. The Labute approximate surface area is 127 Å². The van der Waals surface area contributed by atoms with E-state index in [1.54, 1.807) is 0 Å². The summed E-state index contributed by atoms with van der Waals surface area (Å²) in [5.74, 6) is 0. The molecular weight excluding hydrogens is 312 g/mol. The van der Waals surface area contributed by atoms with E-state index in [-0.39, 0.29) is 5.04 Å². The highest BCUT2D eigenvalue weighted by molar-refractivity contribution is 9.11. The second-order valence-corrected chi connectivity index (χ2v) is 8.03. The van der Waals surface area contributed by atoms with E-state index in [4.69, 9.17) is 0 Å². The van der Waals surface area contributed by atoms with Gasteiger partial charge in [-0.1, -0.05) is 84.7 Å². The summed E-state index contributed by atoms with van der Waals surface area (Å²) in [5.41, 5.74) is 1.44. The van der Waals surface area contributed by atoms with Gasteiger partial charge < -0.3 is 0 Å². The van der Waals surface area contributed by atoms with Crippen molar-refractivity contribution < 1.29 is 0 Å². The van der Waals surface area contributed by atoms with Crippen molar-refractivity contribution in [2.24, 2.45) is 0 Å². The maximum Gasteiger partial charge on any atom is 0.0225 e. The highest BCUT2D eigenvalue weighted by Gasteiger charge is 2.29. The number of fused-ring (bicyclic) bond motifs is 1. The van der Waals surface area contributed by atoms with E-state index in [1.807, 2.05) is 0 Å². The highest BCUT2D eigenvalue weighted by Crippen LogP contribution is 2.39. The Kier molecular flexibility index (Phi) is 4.64. The highest BCUT2D eigenvalue weighted by atomic mass is 79.9. The lowest BCUT2D eigenvalue weighted by Gasteiger charge is -2.31. The third-order valence-electron chi connectivity index (χ3n) is 4.01. The average molecular weight is 333 g/mol. The Morgan fingerprint density at radius 3 is 2.58 bits per heavy atom. The molecule has 2 heteroatoms. The van der Waals surface area contributed by atoms with Gasteiger partial charge in [-0.25, -0.2) is 0 Å². The number of hydrogen-bond acceptors (Lipinski definition) is 0. The summed E-state index contributed by atoms with van der Waals surface area (Å²) in [7, 11) is 1.08. The summed E-state index contributed by atoms with van der Waals surface area (Å²) in [5, 5.41) is 2.83. The predicted molar refractivity (Wildman–Crippen MR) is 93.2 cm³/mol. The van der Waals surface area contributed by atoms with Crippen molar-refractivity contribution in [1.82, 2.24) is 0 Å². The predicted octanol–water partition coefficient (Wildman–Crippen LogP) is 4.50. The molecule has 19 heavy (non-hydrogen) atoms. The number of benzene rings is 2. The van der Waals surface area contributed by atoms with Crippen LogP contribution in [0.5, 0.6) is 0 Å². The van der Waals surface area contributed by atoms with Crippen LogP contribution in [0.3, 0.4) is 0 Å². The number of unbranched alkanes of at least 4 members (excludes halogenated alkanes) is 1. The lowest BCUT2D eigenvalue weighted by atomic mass is 9.88. The Morgan fingerprint density at radius 2 is 1.89 bits per heavy atom. The molecule has 0 radical (unpaired) electrons. The number of rotatable bonds is 5. The molecule has 0 nitrogen and oxygen atoms in total. The number of hydrogen-bond donors (Lipinski definition) is 0. The number of allylic oxidation sites excluding steroid dienone is 1. The van der Waals surface area contributed by atoms with Crippen LogP contribution in [0.4, 0.5) is 0 Å². The van der Waals surface area contributed by atoms with Gasteiger partial charge in [0.15, 0.2) is 0 Å². The van der Waals surface area contributed by atoms with E-state index in [0.717, 1.165) is 14.7 Å². The van der Waals surface area contributed by atoms with Gasteiger partial charge in [-0.2, -0.15) is 0 Å². The summed E-state index contributed by atoms with van der Waals surface area (Å²) in [6.45, 7) is 6.47. The Morgan fingerprint density at radius 1 is 1.21 bits per heavy atom. The molecule has 0 spiro atoms. The first-order valence-corrected chi connectivity index (χ1v) is 8.72. The van der Waals surface area contributed by atoms with E-state index >= 15 is 0 Å². The molecule has 0 aromatic heterocycles. The normalized spacial score (nSPS) is 14.4. The van der Waals surface area contributed by atoms with Crippen LogP contribution in [-0.2, 0) is 5.04 Å². The lowest BCUT2D eigenvalue weighted by molar-refractivity contribution is 0.613. The minimum absolute atomic E-state index is 0.136. The molecule has 1 unspecified atom stereocenters. The summed E-state index contributed by atoms with van der Waals surface area (Å²) < 4.78 is 1.14. The van der Waals surface area contributed by atoms with Gasteiger partial charge in [-0.15, -0.1) is 0 Å². The molecule has 0 amide bonds. The van der Waals surface area contributed by atoms with Gasteiger partial charge in [0, 0.05) is 15.3 Å². The molecule has 0 bridgehead atoms. The maximum atomic E-state index is 4.21. The van der Waals surface area contributed by atoms with Crippen molar-refractivity contribution in [3.8, 4) is 0 Å². The minimum atomic E-state index is 0.136. The Balaban J connectivity index is 2.59. The van der Waals surface area contributed by atoms with Gasteiger partial charge >= 0.3 is 0 Å². The summed E-state index contributed by atoms with van der Waals surface area (Å²) in [6.07, 6.45) is 3.67. The molecule has 0 heterocycles. The molecule has 0 saturated heterocycles. The van der Waals surface area contributed by atoms with Gasteiger partial charge in [0.2, 0.25) is 0 Å². The third-order valence-corrected chi connectivity index (χ3v) is 7.26. The van der Waals surface area contributed by atoms with Crippen molar-refractivity contribution in [3.05, 3.63) is 59.1 Å². The van der Waals surface area contributed by atoms with Crippen LogP contribution < -0.4 is 0 Å². The van der Waals surface area contributed by atoms with Crippen molar-refractivity contribution in [2.45, 2.75) is 31.2 Å². The van der Waals surface area contributed by atoms with Crippen LogP contribution in [0.25, 0.3) is 10.8 Å². The zero-order valence-electron chi connectivity index (χ0n) is 11.7. The first-order valence-electron chi connectivity index (χ1n) is 6.92. The zero-order chi connectivity index (χ0) is 13.9. The molecule has 1 atom stereocenters. The first-order chi connectivity index (χ1) is 9.09. The van der Waals surface area contributed by atoms with E-state index in [2.05, 4.69) is 71.9 Å². The maximum absolute atomic E-state index is 4.21. The summed E-state index contributed by atoms with van der Waals surface area (Å²) in [4.78, 5) is 0. The van der Waals surface area contributed by atoms with E-state index in [1.165, 1.54) is 35.6 Å². The molecule has 0 saturated carbocycles. The standard InChI is InChI=1S/C17H21BrSi/c1-3-4-12-17(19,13(2)18)16-11-7-9-14-8-5-6-10-15(14)16/h5-11H,2-4,12H2,1,19H3. The fraction of sp³-hybridized carbons (Fsp3) is 0.294.